The summed E-state index contributed by atoms with van der Waals surface area (Å²) in [4.78, 5) is 13.8. The Bertz CT molecular complexity index is 673. The molecule has 0 atom stereocenters. The van der Waals surface area contributed by atoms with Crippen LogP contribution in [0.15, 0.2) is 22.7 Å². The summed E-state index contributed by atoms with van der Waals surface area (Å²) in [5, 5.41) is 13.1. The Kier molecular flexibility index (Phi) is 3.39. The monoisotopic (exact) mass is 288 g/mol. The molecule has 0 fully saturated rings. The highest BCUT2D eigenvalue weighted by molar-refractivity contribution is 5.97. The molecule has 1 aromatic carbocycles. The van der Waals surface area contributed by atoms with Crippen molar-refractivity contribution in [1.29, 1.82) is 0 Å². The molecule has 3 rings (SSSR count). The maximum Gasteiger partial charge on any atom is 0.265 e. The summed E-state index contributed by atoms with van der Waals surface area (Å²) in [5.74, 6) is 1.20. The molecule has 0 saturated heterocycles. The van der Waals surface area contributed by atoms with Crippen LogP contribution in [0.1, 0.15) is 22.6 Å². The quantitative estimate of drug-likeness (QED) is 0.930. The fourth-order valence-corrected chi connectivity index (χ4v) is 2.41. The molecule has 0 unspecified atom stereocenters. The van der Waals surface area contributed by atoms with Gasteiger partial charge in [0.25, 0.3) is 5.91 Å². The molecule has 2 aromatic rings. The normalized spacial score (nSPS) is 14.0. The van der Waals surface area contributed by atoms with Crippen molar-refractivity contribution in [1.82, 2.24) is 5.16 Å². The van der Waals surface area contributed by atoms with Crippen LogP contribution in [0.25, 0.3) is 0 Å². The van der Waals surface area contributed by atoms with E-state index in [0.717, 1.165) is 16.8 Å². The SMILES string of the molecule is Cc1noc(C)c1CN1C(=O)COc2cc(CO)ccc21. The highest BCUT2D eigenvalue weighted by atomic mass is 16.5. The van der Waals surface area contributed by atoms with E-state index < -0.39 is 0 Å². The van der Waals surface area contributed by atoms with E-state index in [-0.39, 0.29) is 19.1 Å². The summed E-state index contributed by atoms with van der Waals surface area (Å²) in [6.45, 7) is 4.01. The second kappa shape index (κ2) is 5.21. The van der Waals surface area contributed by atoms with Gasteiger partial charge in [0, 0.05) is 5.56 Å². The number of aliphatic hydroxyl groups is 1. The lowest BCUT2D eigenvalue weighted by atomic mass is 10.1. The molecule has 1 N–H and O–H groups in total. The van der Waals surface area contributed by atoms with Gasteiger partial charge in [-0.2, -0.15) is 0 Å². The first-order valence-corrected chi connectivity index (χ1v) is 6.69. The lowest BCUT2D eigenvalue weighted by Gasteiger charge is -2.29. The molecule has 1 aliphatic rings. The van der Waals surface area contributed by atoms with Crippen molar-refractivity contribution < 1.29 is 19.2 Å². The van der Waals surface area contributed by atoms with Crippen LogP contribution in [0.2, 0.25) is 0 Å². The average molecular weight is 288 g/mol. The summed E-state index contributed by atoms with van der Waals surface area (Å²) in [5.41, 5.74) is 3.13. The smallest absolute Gasteiger partial charge is 0.265 e. The van der Waals surface area contributed by atoms with E-state index >= 15 is 0 Å². The number of hydrogen-bond donors (Lipinski definition) is 1. The van der Waals surface area contributed by atoms with Crippen LogP contribution >= 0.6 is 0 Å². The number of carbonyl (C=O) groups is 1. The number of nitrogens with zero attached hydrogens (tertiary/aromatic N) is 2. The molecular weight excluding hydrogens is 272 g/mol. The Labute approximate surface area is 121 Å². The average Bonchev–Trinajstić information content (AvgIpc) is 2.81. The third-order valence-electron chi connectivity index (χ3n) is 3.65. The number of ether oxygens (including phenoxy) is 1. The zero-order valence-corrected chi connectivity index (χ0v) is 11.9. The zero-order valence-electron chi connectivity index (χ0n) is 11.9. The molecule has 21 heavy (non-hydrogen) atoms. The minimum atomic E-state index is -0.112. The molecule has 0 saturated carbocycles. The van der Waals surface area contributed by atoms with Crippen LogP contribution in [-0.4, -0.2) is 22.8 Å². The lowest BCUT2D eigenvalue weighted by Crippen LogP contribution is -2.38. The maximum absolute atomic E-state index is 12.2. The molecule has 1 amide bonds. The third-order valence-corrected chi connectivity index (χ3v) is 3.65. The first kappa shape index (κ1) is 13.6. The fourth-order valence-electron chi connectivity index (χ4n) is 2.41. The fraction of sp³-hybridized carbons (Fsp3) is 0.333. The van der Waals surface area contributed by atoms with Gasteiger partial charge in [0.1, 0.15) is 11.5 Å². The number of anilines is 1. The highest BCUT2D eigenvalue weighted by Gasteiger charge is 2.27. The summed E-state index contributed by atoms with van der Waals surface area (Å²) < 4.78 is 10.6. The molecule has 110 valence electrons. The summed E-state index contributed by atoms with van der Waals surface area (Å²) in [6, 6.07) is 5.32. The van der Waals surface area contributed by atoms with Crippen LogP contribution in [0.3, 0.4) is 0 Å². The van der Waals surface area contributed by atoms with Gasteiger partial charge in [0.2, 0.25) is 0 Å². The van der Waals surface area contributed by atoms with E-state index in [9.17, 15) is 9.90 Å². The Morgan fingerprint density at radius 2 is 2.19 bits per heavy atom. The van der Waals surface area contributed by atoms with E-state index in [1.54, 1.807) is 23.1 Å². The Balaban J connectivity index is 1.98. The first-order chi connectivity index (χ1) is 10.1. The van der Waals surface area contributed by atoms with Gasteiger partial charge in [-0.05, 0) is 31.5 Å². The number of hydrogen-bond acceptors (Lipinski definition) is 5. The van der Waals surface area contributed by atoms with Crippen LogP contribution < -0.4 is 9.64 Å². The number of fused-ring (bicyclic) bond motifs is 1. The van der Waals surface area contributed by atoms with E-state index in [1.807, 2.05) is 13.8 Å². The summed E-state index contributed by atoms with van der Waals surface area (Å²) >= 11 is 0. The first-order valence-electron chi connectivity index (χ1n) is 6.69. The molecular formula is C15H16N2O4. The van der Waals surface area contributed by atoms with Crippen LogP contribution in [0, 0.1) is 13.8 Å². The number of carbonyl (C=O) groups excluding carboxylic acids is 1. The largest absolute Gasteiger partial charge is 0.482 e. The van der Waals surface area contributed by atoms with Gasteiger partial charge >= 0.3 is 0 Å². The molecule has 0 aliphatic carbocycles. The van der Waals surface area contributed by atoms with E-state index in [1.165, 1.54) is 0 Å². The van der Waals surface area contributed by atoms with Gasteiger partial charge in [-0.15, -0.1) is 0 Å². The predicted molar refractivity (Wildman–Crippen MR) is 75.0 cm³/mol. The second-order valence-corrected chi connectivity index (χ2v) is 5.03. The number of rotatable bonds is 3. The van der Waals surface area contributed by atoms with E-state index in [0.29, 0.717) is 23.7 Å². The molecule has 0 radical (unpaired) electrons. The topological polar surface area (TPSA) is 75.8 Å². The van der Waals surface area contributed by atoms with Crippen LogP contribution in [0.4, 0.5) is 5.69 Å². The minimum Gasteiger partial charge on any atom is -0.482 e. The van der Waals surface area contributed by atoms with Crippen molar-refractivity contribution in [3.05, 3.63) is 40.8 Å². The maximum atomic E-state index is 12.2. The molecule has 1 aliphatic heterocycles. The van der Waals surface area contributed by atoms with Crippen molar-refractivity contribution in [2.45, 2.75) is 27.0 Å². The Hall–Kier alpha value is -2.34. The second-order valence-electron chi connectivity index (χ2n) is 5.03. The molecule has 6 heteroatoms. The minimum absolute atomic E-state index is 0.00867. The van der Waals surface area contributed by atoms with Gasteiger partial charge in [-0.1, -0.05) is 11.2 Å². The number of benzene rings is 1. The molecule has 0 bridgehead atoms. The molecule has 2 heterocycles. The number of aromatic nitrogens is 1. The molecule has 0 spiro atoms. The predicted octanol–water partition coefficient (Wildman–Crippen LogP) is 1.71. The third kappa shape index (κ3) is 2.38. The van der Waals surface area contributed by atoms with Gasteiger partial charge < -0.3 is 19.3 Å². The number of aryl methyl sites for hydroxylation is 2. The van der Waals surface area contributed by atoms with Crippen molar-refractivity contribution in [2.24, 2.45) is 0 Å². The Morgan fingerprint density at radius 3 is 2.86 bits per heavy atom. The van der Waals surface area contributed by atoms with Crippen LogP contribution in [0.5, 0.6) is 5.75 Å². The van der Waals surface area contributed by atoms with Crippen LogP contribution in [-0.2, 0) is 17.9 Å². The molecule has 1 aromatic heterocycles. The van der Waals surface area contributed by atoms with Crippen molar-refractivity contribution in [3.63, 3.8) is 0 Å². The van der Waals surface area contributed by atoms with Gasteiger partial charge in [0.15, 0.2) is 6.61 Å². The van der Waals surface area contributed by atoms with Crippen molar-refractivity contribution in [2.75, 3.05) is 11.5 Å². The summed E-state index contributed by atoms with van der Waals surface area (Å²) in [7, 11) is 0. The number of aliphatic hydroxyl groups excluding tert-OH is 1. The van der Waals surface area contributed by atoms with Crippen molar-refractivity contribution in [3.8, 4) is 5.75 Å². The zero-order chi connectivity index (χ0) is 15.0. The van der Waals surface area contributed by atoms with Gasteiger partial charge in [0.05, 0.1) is 24.5 Å². The van der Waals surface area contributed by atoms with E-state index in [4.69, 9.17) is 9.26 Å². The van der Waals surface area contributed by atoms with Crippen molar-refractivity contribution >= 4 is 11.6 Å². The molecule has 6 nitrogen and oxygen atoms in total. The lowest BCUT2D eigenvalue weighted by molar-refractivity contribution is -0.121. The van der Waals surface area contributed by atoms with Gasteiger partial charge in [-0.3, -0.25) is 4.79 Å². The van der Waals surface area contributed by atoms with Gasteiger partial charge in [-0.25, -0.2) is 0 Å². The van der Waals surface area contributed by atoms with E-state index in [2.05, 4.69) is 5.16 Å². The highest BCUT2D eigenvalue weighted by Crippen LogP contribution is 2.34. The standard InChI is InChI=1S/C15H16N2O4/c1-9-12(10(2)21-16-9)6-17-13-4-3-11(7-18)5-14(13)20-8-15(17)19/h3-5,18H,6-8H2,1-2H3. The number of amides is 1. The Morgan fingerprint density at radius 1 is 1.38 bits per heavy atom. The summed E-state index contributed by atoms with van der Waals surface area (Å²) in [6.07, 6.45) is 0.